The van der Waals surface area contributed by atoms with Crippen LogP contribution in [0.4, 0.5) is 5.69 Å². The van der Waals surface area contributed by atoms with Crippen molar-refractivity contribution in [1.29, 1.82) is 0 Å². The van der Waals surface area contributed by atoms with Crippen LogP contribution in [0.15, 0.2) is 52.9 Å². The average molecular weight is 339 g/mol. The molecule has 0 radical (unpaired) electrons. The van der Waals surface area contributed by atoms with Gasteiger partial charge in [-0.15, -0.1) is 0 Å². The molecule has 0 saturated heterocycles. The summed E-state index contributed by atoms with van der Waals surface area (Å²) in [5.74, 6) is 0.316. The molecule has 0 unspecified atom stereocenters. The van der Waals surface area contributed by atoms with Gasteiger partial charge in [0.25, 0.3) is 0 Å². The van der Waals surface area contributed by atoms with Crippen molar-refractivity contribution in [2.45, 2.75) is 13.8 Å². The Morgan fingerprint density at radius 3 is 2.62 bits per heavy atom. The molecule has 0 aliphatic rings. The minimum absolute atomic E-state index is 0.124. The molecule has 122 valence electrons. The lowest BCUT2D eigenvalue weighted by molar-refractivity contribution is -0.122. The summed E-state index contributed by atoms with van der Waals surface area (Å²) < 4.78 is 5.77. The second-order valence-corrected chi connectivity index (χ2v) is 6.07. The van der Waals surface area contributed by atoms with Crippen molar-refractivity contribution in [2.75, 3.05) is 5.32 Å². The number of amides is 1. The molecular formula is C18H17N3O2S. The van der Waals surface area contributed by atoms with E-state index in [0.29, 0.717) is 11.5 Å². The standard InChI is InChI=1S/C18H17N3O2S/c1-11(2)16(22)21-18(24)19-13-8-9-15-14(10-13)20-17(23-15)12-6-4-3-5-7-12/h3-11H,1-2H3,(H2,19,21,22,24). The van der Waals surface area contributed by atoms with E-state index in [1.54, 1.807) is 0 Å². The van der Waals surface area contributed by atoms with Crippen LogP contribution in [0.1, 0.15) is 13.8 Å². The molecule has 1 heterocycles. The number of hydrogen-bond donors (Lipinski definition) is 2. The number of oxazole rings is 1. The van der Waals surface area contributed by atoms with E-state index >= 15 is 0 Å². The molecule has 2 N–H and O–H groups in total. The van der Waals surface area contributed by atoms with Crippen LogP contribution < -0.4 is 10.6 Å². The van der Waals surface area contributed by atoms with Gasteiger partial charge in [-0.05, 0) is 42.5 Å². The zero-order valence-electron chi connectivity index (χ0n) is 13.4. The van der Waals surface area contributed by atoms with E-state index < -0.39 is 0 Å². The van der Waals surface area contributed by atoms with Crippen LogP contribution in [0.5, 0.6) is 0 Å². The van der Waals surface area contributed by atoms with E-state index in [1.165, 1.54) is 0 Å². The summed E-state index contributed by atoms with van der Waals surface area (Å²) in [6.07, 6.45) is 0. The predicted molar refractivity (Wildman–Crippen MR) is 98.6 cm³/mol. The maximum Gasteiger partial charge on any atom is 0.228 e. The average Bonchev–Trinajstić information content (AvgIpc) is 2.98. The van der Waals surface area contributed by atoms with E-state index in [4.69, 9.17) is 16.6 Å². The maximum absolute atomic E-state index is 11.7. The summed E-state index contributed by atoms with van der Waals surface area (Å²) in [5.41, 5.74) is 3.07. The number of carbonyl (C=O) groups is 1. The number of hydrogen-bond acceptors (Lipinski definition) is 4. The highest BCUT2D eigenvalue weighted by Gasteiger charge is 2.11. The smallest absolute Gasteiger partial charge is 0.228 e. The summed E-state index contributed by atoms with van der Waals surface area (Å²) in [4.78, 5) is 16.2. The van der Waals surface area contributed by atoms with Crippen molar-refractivity contribution in [2.24, 2.45) is 5.92 Å². The number of nitrogens with one attached hydrogen (secondary N) is 2. The Kier molecular flexibility index (Phi) is 4.57. The Hall–Kier alpha value is -2.73. The summed E-state index contributed by atoms with van der Waals surface area (Å²) in [5, 5.41) is 5.89. The second-order valence-electron chi connectivity index (χ2n) is 5.67. The van der Waals surface area contributed by atoms with Crippen molar-refractivity contribution in [3.63, 3.8) is 0 Å². The van der Waals surface area contributed by atoms with Crippen molar-refractivity contribution < 1.29 is 9.21 Å². The molecule has 5 nitrogen and oxygen atoms in total. The van der Waals surface area contributed by atoms with Gasteiger partial charge in [0, 0.05) is 17.2 Å². The van der Waals surface area contributed by atoms with Gasteiger partial charge in [0.1, 0.15) is 5.52 Å². The molecule has 0 spiro atoms. The Bertz CT molecular complexity index is 888. The molecule has 0 aliphatic carbocycles. The minimum Gasteiger partial charge on any atom is -0.436 e. The second kappa shape index (κ2) is 6.80. The summed E-state index contributed by atoms with van der Waals surface area (Å²) in [6, 6.07) is 15.2. The number of benzene rings is 2. The van der Waals surface area contributed by atoms with E-state index in [0.717, 1.165) is 16.8 Å². The summed E-state index contributed by atoms with van der Waals surface area (Å²) >= 11 is 5.15. The molecule has 6 heteroatoms. The SMILES string of the molecule is CC(C)C(=O)NC(=S)Nc1ccc2oc(-c3ccccc3)nc2c1. The zero-order valence-corrected chi connectivity index (χ0v) is 14.2. The van der Waals surface area contributed by atoms with E-state index in [-0.39, 0.29) is 16.9 Å². The Morgan fingerprint density at radius 2 is 1.92 bits per heavy atom. The van der Waals surface area contributed by atoms with Gasteiger partial charge in [-0.1, -0.05) is 32.0 Å². The van der Waals surface area contributed by atoms with Crippen molar-refractivity contribution >= 4 is 40.0 Å². The molecule has 0 fully saturated rings. The van der Waals surface area contributed by atoms with Crippen LogP contribution in [0.2, 0.25) is 0 Å². The molecule has 2 aromatic carbocycles. The summed E-state index contributed by atoms with van der Waals surface area (Å²) in [7, 11) is 0. The number of fused-ring (bicyclic) bond motifs is 1. The van der Waals surface area contributed by atoms with E-state index in [9.17, 15) is 4.79 Å². The Balaban J connectivity index is 1.79. The van der Waals surface area contributed by atoms with Crippen molar-refractivity contribution in [3.05, 3.63) is 48.5 Å². The quantitative estimate of drug-likeness (QED) is 0.707. The largest absolute Gasteiger partial charge is 0.436 e. The first-order valence-corrected chi connectivity index (χ1v) is 8.01. The van der Waals surface area contributed by atoms with Crippen LogP contribution in [-0.2, 0) is 4.79 Å². The topological polar surface area (TPSA) is 67.2 Å². The first kappa shape index (κ1) is 16.1. The fourth-order valence-corrected chi connectivity index (χ4v) is 2.35. The molecular weight excluding hydrogens is 322 g/mol. The van der Waals surface area contributed by atoms with Crippen LogP contribution in [0.25, 0.3) is 22.6 Å². The highest BCUT2D eigenvalue weighted by atomic mass is 32.1. The van der Waals surface area contributed by atoms with Gasteiger partial charge in [0.15, 0.2) is 10.7 Å². The van der Waals surface area contributed by atoms with Crippen molar-refractivity contribution in [3.8, 4) is 11.5 Å². The molecule has 3 rings (SSSR count). The van der Waals surface area contributed by atoms with Gasteiger partial charge in [-0.2, -0.15) is 0 Å². The Morgan fingerprint density at radius 1 is 1.17 bits per heavy atom. The van der Waals surface area contributed by atoms with Gasteiger partial charge in [-0.25, -0.2) is 4.98 Å². The van der Waals surface area contributed by atoms with Gasteiger partial charge >= 0.3 is 0 Å². The number of thiocarbonyl (C=S) groups is 1. The highest BCUT2D eigenvalue weighted by molar-refractivity contribution is 7.80. The zero-order chi connectivity index (χ0) is 17.1. The van der Waals surface area contributed by atoms with Crippen LogP contribution in [0.3, 0.4) is 0 Å². The number of rotatable bonds is 3. The number of carbonyl (C=O) groups excluding carboxylic acids is 1. The molecule has 0 aliphatic heterocycles. The lowest BCUT2D eigenvalue weighted by Crippen LogP contribution is -2.36. The van der Waals surface area contributed by atoms with Gasteiger partial charge in [-0.3, -0.25) is 4.79 Å². The van der Waals surface area contributed by atoms with Crippen LogP contribution in [-0.4, -0.2) is 16.0 Å². The highest BCUT2D eigenvalue weighted by Crippen LogP contribution is 2.26. The van der Waals surface area contributed by atoms with Crippen molar-refractivity contribution in [1.82, 2.24) is 10.3 Å². The molecule has 1 amide bonds. The Labute approximate surface area is 145 Å². The van der Waals surface area contributed by atoms with Gasteiger partial charge in [0.2, 0.25) is 11.8 Å². The lowest BCUT2D eigenvalue weighted by Gasteiger charge is -2.10. The molecule has 0 atom stereocenters. The normalized spacial score (nSPS) is 10.8. The lowest BCUT2D eigenvalue weighted by atomic mass is 10.2. The molecule has 24 heavy (non-hydrogen) atoms. The van der Waals surface area contributed by atoms with Crippen LogP contribution in [0, 0.1) is 5.92 Å². The fourth-order valence-electron chi connectivity index (χ4n) is 2.13. The molecule has 1 aromatic heterocycles. The summed E-state index contributed by atoms with van der Waals surface area (Å²) in [6.45, 7) is 3.62. The third kappa shape index (κ3) is 3.60. The van der Waals surface area contributed by atoms with E-state index in [2.05, 4.69) is 15.6 Å². The van der Waals surface area contributed by atoms with Gasteiger partial charge in [0.05, 0.1) is 0 Å². The molecule has 0 saturated carbocycles. The third-order valence-electron chi connectivity index (χ3n) is 3.43. The first-order chi connectivity index (χ1) is 11.5. The number of aromatic nitrogens is 1. The van der Waals surface area contributed by atoms with E-state index in [1.807, 2.05) is 62.4 Å². The monoisotopic (exact) mass is 339 g/mol. The van der Waals surface area contributed by atoms with Crippen LogP contribution >= 0.6 is 12.2 Å². The number of anilines is 1. The maximum atomic E-state index is 11.7. The number of nitrogens with zero attached hydrogens (tertiary/aromatic N) is 1. The molecule has 0 bridgehead atoms. The first-order valence-electron chi connectivity index (χ1n) is 7.61. The fraction of sp³-hybridized carbons (Fsp3) is 0.167. The molecule has 3 aromatic rings. The minimum atomic E-state index is -0.129. The third-order valence-corrected chi connectivity index (χ3v) is 3.63. The predicted octanol–water partition coefficient (Wildman–Crippen LogP) is 3.96. The van der Waals surface area contributed by atoms with Gasteiger partial charge < -0.3 is 15.1 Å².